The molecular weight excluding hydrogens is 433 g/mol. The van der Waals surface area contributed by atoms with Crippen molar-refractivity contribution in [1.82, 2.24) is 5.32 Å². The fraction of sp³-hybridized carbons (Fsp3) is 0.179. The van der Waals surface area contributed by atoms with Gasteiger partial charge in [0.2, 0.25) is 0 Å². The lowest BCUT2D eigenvalue weighted by Crippen LogP contribution is -2.24. The van der Waals surface area contributed by atoms with Crippen molar-refractivity contribution in [2.24, 2.45) is 0 Å². The number of benzene rings is 4. The fourth-order valence-electron chi connectivity index (χ4n) is 3.99. The molecule has 1 atom stereocenters. The molecule has 0 aliphatic heterocycles. The highest BCUT2D eigenvalue weighted by atomic mass is 19.1. The Hall–Kier alpha value is -3.90. The summed E-state index contributed by atoms with van der Waals surface area (Å²) in [5.41, 5.74) is 2.53. The van der Waals surface area contributed by atoms with Crippen molar-refractivity contribution in [1.29, 1.82) is 0 Å². The van der Waals surface area contributed by atoms with Gasteiger partial charge in [-0.1, -0.05) is 48.5 Å². The van der Waals surface area contributed by atoms with Crippen LogP contribution in [0.2, 0.25) is 0 Å². The molecule has 0 bridgehead atoms. The van der Waals surface area contributed by atoms with E-state index in [0.29, 0.717) is 30.0 Å². The van der Waals surface area contributed by atoms with Gasteiger partial charge in [-0.05, 0) is 64.7 Å². The van der Waals surface area contributed by atoms with Crippen molar-refractivity contribution in [3.8, 4) is 22.6 Å². The summed E-state index contributed by atoms with van der Waals surface area (Å²) < 4.78 is 24.7. The van der Waals surface area contributed by atoms with Gasteiger partial charge in [0, 0.05) is 12.6 Å². The molecule has 0 fully saturated rings. The van der Waals surface area contributed by atoms with E-state index in [4.69, 9.17) is 9.47 Å². The SMILES string of the molecule is COc1cc(-c2cc(OCCNC(C)c3cccc4ccccc34)cc(C(=O)O)c2)ccc1F. The first-order valence-corrected chi connectivity index (χ1v) is 11.0. The van der Waals surface area contributed by atoms with E-state index in [1.165, 1.54) is 47.7 Å². The summed E-state index contributed by atoms with van der Waals surface area (Å²) in [6.45, 7) is 3.03. The smallest absolute Gasteiger partial charge is 0.335 e. The molecule has 0 radical (unpaired) electrons. The number of halogens is 1. The third kappa shape index (κ3) is 5.18. The molecule has 5 nitrogen and oxygen atoms in total. The summed E-state index contributed by atoms with van der Waals surface area (Å²) in [6.07, 6.45) is 0. The molecule has 0 amide bonds. The topological polar surface area (TPSA) is 67.8 Å². The summed E-state index contributed by atoms with van der Waals surface area (Å²) in [5.74, 6) is -1.03. The predicted octanol–water partition coefficient (Wildman–Crippen LogP) is 6.08. The Kier molecular flexibility index (Phi) is 7.09. The largest absolute Gasteiger partial charge is 0.494 e. The number of aromatic carboxylic acids is 1. The quantitative estimate of drug-likeness (QED) is 0.297. The van der Waals surface area contributed by atoms with Gasteiger partial charge in [0.1, 0.15) is 12.4 Å². The van der Waals surface area contributed by atoms with E-state index in [1.807, 2.05) is 12.1 Å². The lowest BCUT2D eigenvalue weighted by Gasteiger charge is -2.17. The molecule has 0 aromatic heterocycles. The molecule has 6 heteroatoms. The highest BCUT2D eigenvalue weighted by Gasteiger charge is 2.12. The van der Waals surface area contributed by atoms with Crippen LogP contribution < -0.4 is 14.8 Å². The van der Waals surface area contributed by atoms with E-state index in [9.17, 15) is 14.3 Å². The van der Waals surface area contributed by atoms with Crippen LogP contribution in [0, 0.1) is 5.82 Å². The predicted molar refractivity (Wildman–Crippen MR) is 131 cm³/mol. The van der Waals surface area contributed by atoms with Gasteiger partial charge in [0.05, 0.1) is 12.7 Å². The molecule has 34 heavy (non-hydrogen) atoms. The summed E-state index contributed by atoms with van der Waals surface area (Å²) >= 11 is 0. The number of hydrogen-bond donors (Lipinski definition) is 2. The molecule has 2 N–H and O–H groups in total. The van der Waals surface area contributed by atoms with Gasteiger partial charge in [-0.15, -0.1) is 0 Å². The maximum atomic E-state index is 13.8. The van der Waals surface area contributed by atoms with Gasteiger partial charge in [-0.3, -0.25) is 0 Å². The number of carboxylic acids is 1. The molecule has 4 rings (SSSR count). The number of rotatable bonds is 9. The zero-order valence-corrected chi connectivity index (χ0v) is 19.0. The molecule has 4 aromatic carbocycles. The van der Waals surface area contributed by atoms with Crippen LogP contribution in [-0.2, 0) is 0 Å². The Morgan fingerprint density at radius 3 is 2.59 bits per heavy atom. The molecular formula is C28H26FNO4. The second-order valence-corrected chi connectivity index (χ2v) is 7.99. The number of carbonyl (C=O) groups is 1. The zero-order chi connectivity index (χ0) is 24.1. The minimum Gasteiger partial charge on any atom is -0.494 e. The van der Waals surface area contributed by atoms with Gasteiger partial charge in [0.25, 0.3) is 0 Å². The van der Waals surface area contributed by atoms with E-state index in [0.717, 1.165) is 0 Å². The summed E-state index contributed by atoms with van der Waals surface area (Å²) in [7, 11) is 1.39. The van der Waals surface area contributed by atoms with Gasteiger partial charge in [-0.25, -0.2) is 9.18 Å². The minimum atomic E-state index is -1.07. The number of ether oxygens (including phenoxy) is 2. The van der Waals surface area contributed by atoms with Crippen LogP contribution in [0.1, 0.15) is 28.9 Å². The van der Waals surface area contributed by atoms with Crippen LogP contribution in [0.15, 0.2) is 78.9 Å². The van der Waals surface area contributed by atoms with Crippen molar-refractivity contribution in [3.05, 3.63) is 95.8 Å². The standard InChI is InChI=1S/C28H26FNO4/c1-18(24-9-5-7-19-6-3-4-8-25(19)24)30-12-13-34-23-15-21(14-22(16-23)28(31)32)20-10-11-26(29)27(17-20)33-2/h3-11,14-18,30H,12-13H2,1-2H3,(H,31,32). The first kappa shape index (κ1) is 23.3. The third-order valence-corrected chi connectivity index (χ3v) is 5.75. The van der Waals surface area contributed by atoms with Crippen molar-refractivity contribution in [2.45, 2.75) is 13.0 Å². The molecule has 0 aliphatic carbocycles. The second kappa shape index (κ2) is 10.4. The average Bonchev–Trinajstić information content (AvgIpc) is 2.86. The van der Waals surface area contributed by atoms with Crippen LogP contribution in [0.3, 0.4) is 0 Å². The lowest BCUT2D eigenvalue weighted by atomic mass is 10.00. The van der Waals surface area contributed by atoms with E-state index < -0.39 is 11.8 Å². The first-order valence-electron chi connectivity index (χ1n) is 11.0. The summed E-state index contributed by atoms with van der Waals surface area (Å²) in [6, 6.07) is 23.8. The minimum absolute atomic E-state index is 0.0901. The summed E-state index contributed by atoms with van der Waals surface area (Å²) in [4.78, 5) is 11.6. The highest BCUT2D eigenvalue weighted by Crippen LogP contribution is 2.30. The Morgan fingerprint density at radius 2 is 1.79 bits per heavy atom. The number of nitrogens with one attached hydrogen (secondary N) is 1. The van der Waals surface area contributed by atoms with Crippen LogP contribution in [0.25, 0.3) is 21.9 Å². The number of carboxylic acid groups (broad SMARTS) is 1. The zero-order valence-electron chi connectivity index (χ0n) is 19.0. The Labute approximate surface area is 197 Å². The van der Waals surface area contributed by atoms with Crippen molar-refractivity contribution >= 4 is 16.7 Å². The summed E-state index contributed by atoms with van der Waals surface area (Å²) in [5, 5.41) is 15.4. The molecule has 4 aromatic rings. The van der Waals surface area contributed by atoms with Gasteiger partial charge in [-0.2, -0.15) is 0 Å². The monoisotopic (exact) mass is 459 g/mol. The van der Waals surface area contributed by atoms with E-state index in [2.05, 4.69) is 42.6 Å². The maximum Gasteiger partial charge on any atom is 0.335 e. The molecule has 0 spiro atoms. The highest BCUT2D eigenvalue weighted by molar-refractivity contribution is 5.90. The van der Waals surface area contributed by atoms with Crippen LogP contribution in [-0.4, -0.2) is 31.3 Å². The second-order valence-electron chi connectivity index (χ2n) is 7.99. The molecule has 0 saturated carbocycles. The number of hydrogen-bond acceptors (Lipinski definition) is 4. The van der Waals surface area contributed by atoms with Crippen molar-refractivity contribution in [2.75, 3.05) is 20.3 Å². The third-order valence-electron chi connectivity index (χ3n) is 5.75. The van der Waals surface area contributed by atoms with Crippen molar-refractivity contribution in [3.63, 3.8) is 0 Å². The Bertz CT molecular complexity index is 1320. The first-order chi connectivity index (χ1) is 16.5. The fourth-order valence-corrected chi connectivity index (χ4v) is 3.99. The van der Waals surface area contributed by atoms with E-state index >= 15 is 0 Å². The normalized spacial score (nSPS) is 11.9. The Balaban J connectivity index is 1.46. The lowest BCUT2D eigenvalue weighted by molar-refractivity contribution is 0.0696. The molecule has 0 heterocycles. The van der Waals surface area contributed by atoms with Crippen LogP contribution >= 0.6 is 0 Å². The molecule has 1 unspecified atom stereocenters. The van der Waals surface area contributed by atoms with Gasteiger partial charge in [0.15, 0.2) is 11.6 Å². The number of methoxy groups -OCH3 is 1. The van der Waals surface area contributed by atoms with Crippen LogP contribution in [0.5, 0.6) is 11.5 Å². The average molecular weight is 460 g/mol. The van der Waals surface area contributed by atoms with Gasteiger partial charge < -0.3 is 19.9 Å². The molecule has 0 saturated heterocycles. The molecule has 174 valence electrons. The Morgan fingerprint density at radius 1 is 1.00 bits per heavy atom. The van der Waals surface area contributed by atoms with Crippen LogP contribution in [0.4, 0.5) is 4.39 Å². The molecule has 0 aliphatic rings. The van der Waals surface area contributed by atoms with Gasteiger partial charge >= 0.3 is 5.97 Å². The van der Waals surface area contributed by atoms with E-state index in [1.54, 1.807) is 12.1 Å². The number of fused-ring (bicyclic) bond motifs is 1. The van der Waals surface area contributed by atoms with Crippen molar-refractivity contribution < 1.29 is 23.8 Å². The van der Waals surface area contributed by atoms with E-state index in [-0.39, 0.29) is 17.4 Å². The maximum absolute atomic E-state index is 13.8.